The fourth-order valence-corrected chi connectivity index (χ4v) is 1.68. The molecule has 0 amide bonds. The maximum atomic E-state index is 11.7. The standard InChI is InChI=1S/C11H8BrNO2/c12-10-3-8(5-13-6-10)4-11(14)9-1-2-15-7-9/h1-3,5-7H,4H2. The molecule has 0 aliphatic rings. The van der Waals surface area contributed by atoms with Crippen molar-refractivity contribution in [1.29, 1.82) is 0 Å². The van der Waals surface area contributed by atoms with Gasteiger partial charge < -0.3 is 4.42 Å². The Balaban J connectivity index is 2.13. The van der Waals surface area contributed by atoms with Gasteiger partial charge in [0.1, 0.15) is 6.26 Å². The van der Waals surface area contributed by atoms with Gasteiger partial charge in [-0.1, -0.05) is 0 Å². The molecule has 0 aliphatic heterocycles. The molecular weight excluding hydrogens is 258 g/mol. The Morgan fingerprint density at radius 1 is 1.47 bits per heavy atom. The van der Waals surface area contributed by atoms with E-state index in [1.165, 1.54) is 12.5 Å². The molecule has 0 aromatic carbocycles. The van der Waals surface area contributed by atoms with E-state index in [1.807, 2.05) is 6.07 Å². The highest BCUT2D eigenvalue weighted by atomic mass is 79.9. The second-order valence-electron chi connectivity index (χ2n) is 3.12. The summed E-state index contributed by atoms with van der Waals surface area (Å²) >= 11 is 3.31. The van der Waals surface area contributed by atoms with Crippen molar-refractivity contribution in [3.05, 3.63) is 52.7 Å². The van der Waals surface area contributed by atoms with E-state index in [0.29, 0.717) is 12.0 Å². The molecule has 0 bridgehead atoms. The molecule has 0 N–H and O–H groups in total. The van der Waals surface area contributed by atoms with Gasteiger partial charge in [-0.2, -0.15) is 0 Å². The van der Waals surface area contributed by atoms with E-state index in [4.69, 9.17) is 4.42 Å². The van der Waals surface area contributed by atoms with Crippen LogP contribution in [0.25, 0.3) is 0 Å². The van der Waals surface area contributed by atoms with E-state index < -0.39 is 0 Å². The molecule has 0 fully saturated rings. The van der Waals surface area contributed by atoms with Crippen LogP contribution in [-0.4, -0.2) is 10.8 Å². The number of carbonyl (C=O) groups is 1. The average Bonchev–Trinajstić information content (AvgIpc) is 2.70. The van der Waals surface area contributed by atoms with Gasteiger partial charge in [-0.05, 0) is 33.6 Å². The smallest absolute Gasteiger partial charge is 0.170 e. The summed E-state index contributed by atoms with van der Waals surface area (Å²) in [5.41, 5.74) is 1.48. The van der Waals surface area contributed by atoms with Crippen LogP contribution < -0.4 is 0 Å². The van der Waals surface area contributed by atoms with E-state index in [2.05, 4.69) is 20.9 Å². The maximum Gasteiger partial charge on any atom is 0.170 e. The first-order valence-electron chi connectivity index (χ1n) is 4.40. The van der Waals surface area contributed by atoms with Crippen LogP contribution >= 0.6 is 15.9 Å². The summed E-state index contributed by atoms with van der Waals surface area (Å²) in [5.74, 6) is 0.0312. The van der Waals surface area contributed by atoms with Gasteiger partial charge in [0.25, 0.3) is 0 Å². The zero-order valence-corrected chi connectivity index (χ0v) is 9.40. The number of rotatable bonds is 3. The number of nitrogens with zero attached hydrogens (tertiary/aromatic N) is 1. The summed E-state index contributed by atoms with van der Waals surface area (Å²) in [6, 6.07) is 3.54. The monoisotopic (exact) mass is 265 g/mol. The summed E-state index contributed by atoms with van der Waals surface area (Å²) in [5, 5.41) is 0. The minimum Gasteiger partial charge on any atom is -0.472 e. The summed E-state index contributed by atoms with van der Waals surface area (Å²) < 4.78 is 5.73. The lowest BCUT2D eigenvalue weighted by Gasteiger charge is -1.98. The minimum absolute atomic E-state index is 0.0312. The minimum atomic E-state index is 0.0312. The van der Waals surface area contributed by atoms with Crippen molar-refractivity contribution in [2.24, 2.45) is 0 Å². The third-order valence-corrected chi connectivity index (χ3v) is 2.40. The van der Waals surface area contributed by atoms with Crippen molar-refractivity contribution in [1.82, 2.24) is 4.98 Å². The molecule has 4 heteroatoms. The van der Waals surface area contributed by atoms with E-state index in [0.717, 1.165) is 10.0 Å². The molecule has 0 saturated carbocycles. The molecule has 2 rings (SSSR count). The fourth-order valence-electron chi connectivity index (χ4n) is 1.26. The first-order valence-corrected chi connectivity index (χ1v) is 5.20. The number of hydrogen-bond acceptors (Lipinski definition) is 3. The molecule has 0 spiro atoms. The zero-order chi connectivity index (χ0) is 10.7. The lowest BCUT2D eigenvalue weighted by atomic mass is 10.1. The molecule has 2 aromatic heterocycles. The average molecular weight is 266 g/mol. The van der Waals surface area contributed by atoms with Gasteiger partial charge in [0.05, 0.1) is 11.8 Å². The van der Waals surface area contributed by atoms with Gasteiger partial charge in [-0.25, -0.2) is 0 Å². The Bertz CT molecular complexity index is 465. The van der Waals surface area contributed by atoms with Crippen molar-refractivity contribution in [2.45, 2.75) is 6.42 Å². The zero-order valence-electron chi connectivity index (χ0n) is 7.81. The van der Waals surface area contributed by atoms with Gasteiger partial charge in [0.15, 0.2) is 5.78 Å². The van der Waals surface area contributed by atoms with Crippen molar-refractivity contribution in [3.63, 3.8) is 0 Å². The third-order valence-electron chi connectivity index (χ3n) is 1.97. The largest absolute Gasteiger partial charge is 0.472 e. The molecule has 0 radical (unpaired) electrons. The van der Waals surface area contributed by atoms with Crippen LogP contribution in [0.2, 0.25) is 0 Å². The Morgan fingerprint density at radius 2 is 2.33 bits per heavy atom. The number of carbonyl (C=O) groups excluding carboxylic acids is 1. The summed E-state index contributed by atoms with van der Waals surface area (Å²) in [4.78, 5) is 15.7. The van der Waals surface area contributed by atoms with Crippen LogP contribution in [0.1, 0.15) is 15.9 Å². The molecule has 2 heterocycles. The maximum absolute atomic E-state index is 11.7. The van der Waals surface area contributed by atoms with Gasteiger partial charge in [0, 0.05) is 23.3 Å². The van der Waals surface area contributed by atoms with E-state index in [1.54, 1.807) is 18.5 Å². The summed E-state index contributed by atoms with van der Waals surface area (Å²) in [6.07, 6.45) is 6.65. The molecule has 0 saturated heterocycles. The predicted octanol–water partition coefficient (Wildman–Crippen LogP) is 2.86. The van der Waals surface area contributed by atoms with Gasteiger partial charge >= 0.3 is 0 Å². The van der Waals surface area contributed by atoms with Crippen LogP contribution in [0.5, 0.6) is 0 Å². The molecule has 15 heavy (non-hydrogen) atoms. The summed E-state index contributed by atoms with van der Waals surface area (Å²) in [7, 11) is 0. The Labute approximate surface area is 95.3 Å². The second kappa shape index (κ2) is 4.40. The van der Waals surface area contributed by atoms with Crippen molar-refractivity contribution in [2.75, 3.05) is 0 Å². The Hall–Kier alpha value is -1.42. The molecule has 3 nitrogen and oxygen atoms in total. The van der Waals surface area contributed by atoms with E-state index in [9.17, 15) is 4.79 Å². The fraction of sp³-hybridized carbons (Fsp3) is 0.0909. The molecule has 0 unspecified atom stereocenters. The number of hydrogen-bond donors (Lipinski definition) is 0. The summed E-state index contributed by atoms with van der Waals surface area (Å²) in [6.45, 7) is 0. The number of ketones is 1. The highest BCUT2D eigenvalue weighted by Gasteiger charge is 2.08. The van der Waals surface area contributed by atoms with E-state index in [-0.39, 0.29) is 5.78 Å². The van der Waals surface area contributed by atoms with Gasteiger partial charge in [-0.3, -0.25) is 9.78 Å². The second-order valence-corrected chi connectivity index (χ2v) is 4.04. The van der Waals surface area contributed by atoms with Crippen molar-refractivity contribution < 1.29 is 9.21 Å². The first kappa shape index (κ1) is 10.1. The van der Waals surface area contributed by atoms with Gasteiger partial charge in [0.2, 0.25) is 0 Å². The predicted molar refractivity (Wildman–Crippen MR) is 58.7 cm³/mol. The number of aromatic nitrogens is 1. The molecule has 2 aromatic rings. The topological polar surface area (TPSA) is 43.1 Å². The van der Waals surface area contributed by atoms with Crippen LogP contribution in [-0.2, 0) is 6.42 Å². The Kier molecular flexibility index (Phi) is 2.97. The van der Waals surface area contributed by atoms with Crippen LogP contribution in [0, 0.1) is 0 Å². The quantitative estimate of drug-likeness (QED) is 0.802. The molecule has 0 atom stereocenters. The van der Waals surface area contributed by atoms with Gasteiger partial charge in [-0.15, -0.1) is 0 Å². The number of furan rings is 1. The van der Waals surface area contributed by atoms with Crippen LogP contribution in [0.15, 0.2) is 45.9 Å². The highest BCUT2D eigenvalue weighted by molar-refractivity contribution is 9.10. The number of Topliss-reactive ketones (excluding diaryl/α,β-unsaturated/α-hetero) is 1. The van der Waals surface area contributed by atoms with Crippen molar-refractivity contribution >= 4 is 21.7 Å². The molecule has 0 aliphatic carbocycles. The SMILES string of the molecule is O=C(Cc1cncc(Br)c1)c1ccoc1. The normalized spacial score (nSPS) is 10.2. The lowest BCUT2D eigenvalue weighted by Crippen LogP contribution is -2.02. The Morgan fingerprint density at radius 3 is 3.00 bits per heavy atom. The lowest BCUT2D eigenvalue weighted by molar-refractivity contribution is 0.0992. The third kappa shape index (κ3) is 2.53. The highest BCUT2D eigenvalue weighted by Crippen LogP contribution is 2.12. The molecular formula is C11H8BrNO2. The first-order chi connectivity index (χ1) is 7.25. The number of pyridine rings is 1. The van der Waals surface area contributed by atoms with Crippen molar-refractivity contribution in [3.8, 4) is 0 Å². The van der Waals surface area contributed by atoms with Crippen LogP contribution in [0.4, 0.5) is 0 Å². The molecule has 76 valence electrons. The van der Waals surface area contributed by atoms with Crippen LogP contribution in [0.3, 0.4) is 0 Å². The number of halogens is 1. The van der Waals surface area contributed by atoms with E-state index >= 15 is 0 Å².